The van der Waals surface area contributed by atoms with Crippen LogP contribution < -0.4 is 56.5 Å². The first-order valence-corrected chi connectivity index (χ1v) is 4.15. The summed E-state index contributed by atoms with van der Waals surface area (Å²) in [4.78, 5) is 9.89. The van der Waals surface area contributed by atoms with Crippen LogP contribution in [0.25, 0.3) is 0 Å². The fourth-order valence-electron chi connectivity index (χ4n) is 0.869. The van der Waals surface area contributed by atoms with Crippen LogP contribution in [0, 0.1) is 0 Å². The first-order valence-electron chi connectivity index (χ1n) is 4.15. The molecule has 0 N–H and O–H groups in total. The Kier molecular flexibility index (Phi) is 15.1. The number of carbonyl (C=O) groups excluding carboxylic acids is 1. The molecule has 0 bridgehead atoms. The molecule has 0 aliphatic heterocycles. The molecule has 0 unspecified atom stereocenters. The van der Waals surface area contributed by atoms with Gasteiger partial charge in [-0.25, -0.2) is 0 Å². The van der Waals surface area contributed by atoms with Gasteiger partial charge in [-0.1, -0.05) is 32.3 Å². The number of hydrogen-bond donors (Lipinski definition) is 0. The molecule has 0 rings (SSSR count). The quantitative estimate of drug-likeness (QED) is 0.286. The van der Waals surface area contributed by atoms with Gasteiger partial charge >= 0.3 is 51.4 Å². The maximum absolute atomic E-state index is 9.89. The van der Waals surface area contributed by atoms with E-state index in [0.717, 1.165) is 18.9 Å². The minimum absolute atomic E-state index is 0. The second-order valence-corrected chi connectivity index (χ2v) is 2.57. The van der Waals surface area contributed by atoms with Crippen LogP contribution in [0.1, 0.15) is 39.0 Å². The number of hydrogen-bond acceptors (Lipinski definition) is 2. The third-order valence-corrected chi connectivity index (χ3v) is 1.48. The van der Waals surface area contributed by atoms with Crippen LogP contribution in [0.4, 0.5) is 0 Å². The van der Waals surface area contributed by atoms with Crippen molar-refractivity contribution >= 4 is 5.97 Å². The summed E-state index contributed by atoms with van der Waals surface area (Å²) < 4.78 is 0. The number of aliphatic carboxylic acids is 1. The second kappa shape index (κ2) is 11.8. The molecule has 0 aromatic rings. The van der Waals surface area contributed by atoms with Crippen molar-refractivity contribution in [3.8, 4) is 0 Å². The predicted octanol–water partition coefficient (Wildman–Crippen LogP) is -1.73. The van der Waals surface area contributed by atoms with E-state index in [-0.39, 0.29) is 51.4 Å². The molecule has 0 heterocycles. The second-order valence-electron chi connectivity index (χ2n) is 2.57. The molecule has 3 heteroatoms. The molecule has 0 saturated carbocycles. The summed E-state index contributed by atoms with van der Waals surface area (Å²) in [6, 6.07) is 0. The summed E-state index contributed by atoms with van der Waals surface area (Å²) in [5, 5.41) is 9.89. The molecule has 0 amide bonds. The minimum Gasteiger partial charge on any atom is -0.545 e. The van der Waals surface area contributed by atoms with Crippen molar-refractivity contribution < 1.29 is 61.3 Å². The topological polar surface area (TPSA) is 40.1 Å². The molecule has 64 valence electrons. The molecule has 0 fully saturated rings. The Morgan fingerprint density at radius 1 is 1.33 bits per heavy atom. The van der Waals surface area contributed by atoms with E-state index in [2.05, 4.69) is 6.92 Å². The smallest absolute Gasteiger partial charge is 0.545 e. The number of unbranched alkanes of at least 4 members (excludes halogenated alkanes) is 4. The number of rotatable bonds is 6. The van der Waals surface area contributed by atoms with Gasteiger partial charge in [-0.2, -0.15) is 0 Å². The van der Waals surface area contributed by atoms with Crippen molar-refractivity contribution in [1.29, 1.82) is 0 Å². The minimum atomic E-state index is -1.10. The van der Waals surface area contributed by atoms with Gasteiger partial charge in [0.25, 0.3) is 0 Å². The number of carbonyl (C=O) groups is 1. The molecule has 0 atom stereocenters. The molecular weight excluding hydrogens is 179 g/mol. The third-order valence-electron chi connectivity index (χ3n) is 1.48. The van der Waals surface area contributed by atoms with E-state index in [9.17, 15) is 9.90 Å². The normalized spacial score (nSPS) is 9.75. The fourth-order valence-corrected chi connectivity index (χ4v) is 0.869. The molecule has 0 aliphatic carbocycles. The summed E-state index contributed by atoms with van der Waals surface area (Å²) in [6.07, 6.45) is 8.33. The van der Waals surface area contributed by atoms with Gasteiger partial charge in [0.1, 0.15) is 0 Å². The SMILES string of the molecule is CCCCCC/C=C\C(=O)[O-].[K+]. The van der Waals surface area contributed by atoms with Crippen LogP contribution in [0.5, 0.6) is 0 Å². The Labute approximate surface area is 117 Å². The van der Waals surface area contributed by atoms with Gasteiger partial charge in [-0.05, 0) is 18.9 Å². The van der Waals surface area contributed by atoms with Crippen LogP contribution >= 0.6 is 0 Å². The Balaban J connectivity index is 0. The molecule has 0 radical (unpaired) electrons. The molecule has 2 nitrogen and oxygen atoms in total. The zero-order valence-corrected chi connectivity index (χ0v) is 11.1. The Morgan fingerprint density at radius 2 is 2.00 bits per heavy atom. The maximum Gasteiger partial charge on any atom is 1.00 e. The number of allylic oxidation sites excluding steroid dienone is 1. The van der Waals surface area contributed by atoms with E-state index in [1.807, 2.05) is 0 Å². The fraction of sp³-hybridized carbons (Fsp3) is 0.667. The molecule has 0 aliphatic rings. The van der Waals surface area contributed by atoms with Gasteiger partial charge in [0.05, 0.1) is 5.97 Å². The molecule has 0 aromatic carbocycles. The van der Waals surface area contributed by atoms with Crippen molar-refractivity contribution in [2.45, 2.75) is 39.0 Å². The molecule has 0 aromatic heterocycles. The van der Waals surface area contributed by atoms with Crippen molar-refractivity contribution in [2.75, 3.05) is 0 Å². The number of carboxylic acids is 1. The zero-order chi connectivity index (χ0) is 8.53. The van der Waals surface area contributed by atoms with Gasteiger partial charge in [-0.3, -0.25) is 0 Å². The number of carboxylic acid groups (broad SMARTS) is 1. The van der Waals surface area contributed by atoms with Crippen molar-refractivity contribution in [1.82, 2.24) is 0 Å². The van der Waals surface area contributed by atoms with Crippen molar-refractivity contribution in [2.24, 2.45) is 0 Å². The summed E-state index contributed by atoms with van der Waals surface area (Å²) in [5.74, 6) is -1.10. The van der Waals surface area contributed by atoms with E-state index in [1.54, 1.807) is 6.08 Å². The average molecular weight is 194 g/mol. The van der Waals surface area contributed by atoms with Crippen molar-refractivity contribution in [3.63, 3.8) is 0 Å². The average Bonchev–Trinajstić information content (AvgIpc) is 1.96. The van der Waals surface area contributed by atoms with E-state index < -0.39 is 5.97 Å². The third kappa shape index (κ3) is 13.4. The van der Waals surface area contributed by atoms with Crippen LogP contribution in [0.3, 0.4) is 0 Å². The molecular formula is C9H15KO2. The zero-order valence-electron chi connectivity index (χ0n) is 8.01. The van der Waals surface area contributed by atoms with Gasteiger partial charge in [0.15, 0.2) is 0 Å². The van der Waals surface area contributed by atoms with Crippen molar-refractivity contribution in [3.05, 3.63) is 12.2 Å². The molecule has 12 heavy (non-hydrogen) atoms. The predicted molar refractivity (Wildman–Crippen MR) is 42.9 cm³/mol. The van der Waals surface area contributed by atoms with Crippen LogP contribution in [-0.4, -0.2) is 5.97 Å². The summed E-state index contributed by atoms with van der Waals surface area (Å²) >= 11 is 0. The molecule has 0 saturated heterocycles. The first kappa shape index (κ1) is 15.3. The van der Waals surface area contributed by atoms with Gasteiger partial charge in [0.2, 0.25) is 0 Å². The van der Waals surface area contributed by atoms with Gasteiger partial charge in [0, 0.05) is 0 Å². The standard InChI is InChI=1S/C9H16O2.K/c1-2-3-4-5-6-7-8-9(10)11;/h7-8H,2-6H2,1H3,(H,10,11);/q;+1/p-1/b8-7-;. The Hall–Kier alpha value is 0.846. The Bertz CT molecular complexity index is 132. The largest absolute Gasteiger partial charge is 1.00 e. The van der Waals surface area contributed by atoms with Crippen LogP contribution in [-0.2, 0) is 4.79 Å². The van der Waals surface area contributed by atoms with E-state index >= 15 is 0 Å². The van der Waals surface area contributed by atoms with E-state index in [0.29, 0.717) is 0 Å². The summed E-state index contributed by atoms with van der Waals surface area (Å²) in [5.41, 5.74) is 0. The molecule has 0 spiro atoms. The summed E-state index contributed by atoms with van der Waals surface area (Å²) in [6.45, 7) is 2.15. The van der Waals surface area contributed by atoms with Crippen LogP contribution in [0.15, 0.2) is 12.2 Å². The van der Waals surface area contributed by atoms with E-state index in [4.69, 9.17) is 0 Å². The maximum atomic E-state index is 9.89. The first-order chi connectivity index (χ1) is 5.27. The monoisotopic (exact) mass is 194 g/mol. The Morgan fingerprint density at radius 3 is 2.50 bits per heavy atom. The van der Waals surface area contributed by atoms with E-state index in [1.165, 1.54) is 19.3 Å². The summed E-state index contributed by atoms with van der Waals surface area (Å²) in [7, 11) is 0. The van der Waals surface area contributed by atoms with Crippen LogP contribution in [0.2, 0.25) is 0 Å². The van der Waals surface area contributed by atoms with Gasteiger partial charge in [-0.15, -0.1) is 0 Å². The van der Waals surface area contributed by atoms with Gasteiger partial charge < -0.3 is 9.90 Å².